The van der Waals surface area contributed by atoms with E-state index in [1.54, 1.807) is 0 Å². The Bertz CT molecular complexity index is 141. The number of hydrogen-bond acceptors (Lipinski definition) is 1. The summed E-state index contributed by atoms with van der Waals surface area (Å²) in [6.45, 7) is 6.36. The summed E-state index contributed by atoms with van der Waals surface area (Å²) in [5, 5.41) is 0. The maximum Gasteiger partial charge on any atom is 0.0536 e. The smallest absolute Gasteiger partial charge is 0.0536 e. The predicted molar refractivity (Wildman–Crippen MR) is 57.3 cm³/mol. The Hall–Kier alpha value is 0.250. The molecule has 0 saturated carbocycles. The van der Waals surface area contributed by atoms with Gasteiger partial charge >= 0.3 is 0 Å². The topological polar surface area (TPSA) is 9.23 Å². The van der Waals surface area contributed by atoms with E-state index in [4.69, 9.17) is 16.3 Å². The van der Waals surface area contributed by atoms with Crippen LogP contribution in [0.5, 0.6) is 0 Å². The molecule has 1 heterocycles. The minimum Gasteiger partial charge on any atom is -0.381 e. The maximum atomic E-state index is 6.09. The molecular weight excluding hydrogens is 184 g/mol. The molecule has 2 heteroatoms. The van der Waals surface area contributed by atoms with Crippen LogP contribution in [0.4, 0.5) is 0 Å². The molecule has 1 aliphatic heterocycles. The van der Waals surface area contributed by atoms with Gasteiger partial charge in [-0.2, -0.15) is 0 Å². The van der Waals surface area contributed by atoms with Crippen molar-refractivity contribution in [1.29, 1.82) is 0 Å². The summed E-state index contributed by atoms with van der Waals surface area (Å²) >= 11 is 6.09. The molecule has 0 aromatic carbocycles. The zero-order chi connectivity index (χ0) is 9.73. The third kappa shape index (κ3) is 2.60. The number of halogens is 1. The fourth-order valence-electron chi connectivity index (χ4n) is 2.24. The highest BCUT2D eigenvalue weighted by molar-refractivity contribution is 6.18. The summed E-state index contributed by atoms with van der Waals surface area (Å²) in [6, 6.07) is 0. The van der Waals surface area contributed by atoms with E-state index in [2.05, 4.69) is 13.8 Å². The van der Waals surface area contributed by atoms with Gasteiger partial charge in [-0.15, -0.1) is 11.6 Å². The van der Waals surface area contributed by atoms with Gasteiger partial charge in [-0.05, 0) is 18.8 Å². The molecule has 1 saturated heterocycles. The van der Waals surface area contributed by atoms with Crippen LogP contribution in [0.3, 0.4) is 0 Å². The summed E-state index contributed by atoms with van der Waals surface area (Å²) in [4.78, 5) is 0. The molecule has 1 rings (SSSR count). The van der Waals surface area contributed by atoms with E-state index in [9.17, 15) is 0 Å². The van der Waals surface area contributed by atoms with E-state index < -0.39 is 0 Å². The second kappa shape index (κ2) is 5.21. The Balaban J connectivity index is 2.55. The zero-order valence-electron chi connectivity index (χ0n) is 8.81. The minimum absolute atomic E-state index is 0.274. The van der Waals surface area contributed by atoms with Crippen LogP contribution in [0.1, 0.15) is 39.5 Å². The first-order valence-electron chi connectivity index (χ1n) is 5.39. The fourth-order valence-corrected chi connectivity index (χ4v) is 2.71. The molecule has 13 heavy (non-hydrogen) atoms. The summed E-state index contributed by atoms with van der Waals surface area (Å²) < 4.78 is 5.56. The fraction of sp³-hybridized carbons (Fsp3) is 1.00. The molecule has 0 aromatic heterocycles. The SMILES string of the molecule is CCCC(C)C1(CCl)CCCOC1. The first-order valence-corrected chi connectivity index (χ1v) is 5.92. The van der Waals surface area contributed by atoms with E-state index in [1.165, 1.54) is 25.7 Å². The van der Waals surface area contributed by atoms with Crippen LogP contribution in [0, 0.1) is 11.3 Å². The molecule has 78 valence electrons. The summed E-state index contributed by atoms with van der Waals surface area (Å²) in [7, 11) is 0. The highest BCUT2D eigenvalue weighted by Gasteiger charge is 2.36. The first-order chi connectivity index (χ1) is 6.25. The molecular formula is C11H21ClO. The van der Waals surface area contributed by atoms with Crippen LogP contribution < -0.4 is 0 Å². The van der Waals surface area contributed by atoms with Gasteiger partial charge in [-0.25, -0.2) is 0 Å². The van der Waals surface area contributed by atoms with Crippen molar-refractivity contribution in [1.82, 2.24) is 0 Å². The van der Waals surface area contributed by atoms with E-state index in [-0.39, 0.29) is 5.41 Å². The molecule has 2 atom stereocenters. The van der Waals surface area contributed by atoms with Crippen molar-refractivity contribution in [3.05, 3.63) is 0 Å². The lowest BCUT2D eigenvalue weighted by atomic mass is 9.72. The molecule has 0 spiro atoms. The van der Waals surface area contributed by atoms with Crippen molar-refractivity contribution in [2.45, 2.75) is 39.5 Å². The van der Waals surface area contributed by atoms with E-state index >= 15 is 0 Å². The van der Waals surface area contributed by atoms with Gasteiger partial charge in [0.2, 0.25) is 0 Å². The molecule has 2 unspecified atom stereocenters. The van der Waals surface area contributed by atoms with Crippen molar-refractivity contribution in [3.8, 4) is 0 Å². The number of hydrogen-bond donors (Lipinski definition) is 0. The Kier molecular flexibility index (Phi) is 4.54. The van der Waals surface area contributed by atoms with Crippen molar-refractivity contribution < 1.29 is 4.74 Å². The first kappa shape index (κ1) is 11.3. The number of alkyl halides is 1. The molecule has 1 nitrogen and oxygen atoms in total. The minimum atomic E-state index is 0.274. The van der Waals surface area contributed by atoms with Gasteiger partial charge in [0.1, 0.15) is 0 Å². The van der Waals surface area contributed by atoms with Gasteiger partial charge in [-0.3, -0.25) is 0 Å². The second-order valence-electron chi connectivity index (χ2n) is 4.34. The van der Waals surface area contributed by atoms with Crippen molar-refractivity contribution in [2.75, 3.05) is 19.1 Å². The summed E-state index contributed by atoms with van der Waals surface area (Å²) in [5.41, 5.74) is 0.274. The summed E-state index contributed by atoms with van der Waals surface area (Å²) in [6.07, 6.45) is 4.95. The Morgan fingerprint density at radius 2 is 2.31 bits per heavy atom. The monoisotopic (exact) mass is 204 g/mol. The predicted octanol–water partition coefficient (Wildman–Crippen LogP) is 3.46. The van der Waals surface area contributed by atoms with Crippen LogP contribution in [0.15, 0.2) is 0 Å². The van der Waals surface area contributed by atoms with Crippen LogP contribution >= 0.6 is 11.6 Å². The van der Waals surface area contributed by atoms with Crippen molar-refractivity contribution in [3.63, 3.8) is 0 Å². The standard InChI is InChI=1S/C11H21ClO/c1-3-5-10(2)11(8-12)6-4-7-13-9-11/h10H,3-9H2,1-2H3. The van der Waals surface area contributed by atoms with Gasteiger partial charge in [0.15, 0.2) is 0 Å². The van der Waals surface area contributed by atoms with Crippen molar-refractivity contribution >= 4 is 11.6 Å². The van der Waals surface area contributed by atoms with Gasteiger partial charge in [0.05, 0.1) is 6.61 Å². The van der Waals surface area contributed by atoms with E-state index in [0.717, 1.165) is 19.1 Å². The molecule has 1 aliphatic rings. The number of rotatable bonds is 4. The maximum absolute atomic E-state index is 6.09. The van der Waals surface area contributed by atoms with Crippen LogP contribution in [-0.2, 0) is 4.74 Å². The quantitative estimate of drug-likeness (QED) is 0.638. The second-order valence-corrected chi connectivity index (χ2v) is 4.61. The van der Waals surface area contributed by atoms with Crippen molar-refractivity contribution in [2.24, 2.45) is 11.3 Å². The third-order valence-electron chi connectivity index (χ3n) is 3.39. The molecule has 0 amide bonds. The lowest BCUT2D eigenvalue weighted by molar-refractivity contribution is -0.0267. The van der Waals surface area contributed by atoms with Crippen LogP contribution in [-0.4, -0.2) is 19.1 Å². The lowest BCUT2D eigenvalue weighted by Gasteiger charge is -2.40. The molecule has 0 bridgehead atoms. The average molecular weight is 205 g/mol. The van der Waals surface area contributed by atoms with Gasteiger partial charge in [0, 0.05) is 17.9 Å². The largest absolute Gasteiger partial charge is 0.381 e. The Morgan fingerprint density at radius 1 is 1.54 bits per heavy atom. The van der Waals surface area contributed by atoms with E-state index in [0.29, 0.717) is 5.92 Å². The zero-order valence-corrected chi connectivity index (χ0v) is 9.57. The highest BCUT2D eigenvalue weighted by Crippen LogP contribution is 2.39. The molecule has 0 N–H and O–H groups in total. The molecule has 0 aromatic rings. The Morgan fingerprint density at radius 3 is 2.77 bits per heavy atom. The molecule has 0 aliphatic carbocycles. The Labute approximate surface area is 86.8 Å². The lowest BCUT2D eigenvalue weighted by Crippen LogP contribution is -2.39. The third-order valence-corrected chi connectivity index (χ3v) is 3.92. The van der Waals surface area contributed by atoms with Crippen LogP contribution in [0.25, 0.3) is 0 Å². The molecule has 1 fully saturated rings. The normalized spacial score (nSPS) is 31.6. The van der Waals surface area contributed by atoms with E-state index in [1.807, 2.05) is 0 Å². The average Bonchev–Trinajstić information content (AvgIpc) is 2.19. The summed E-state index contributed by atoms with van der Waals surface area (Å²) in [5.74, 6) is 1.46. The molecule has 0 radical (unpaired) electrons. The van der Waals surface area contributed by atoms with Gasteiger partial charge in [-0.1, -0.05) is 26.7 Å². The number of ether oxygens (including phenoxy) is 1. The van der Waals surface area contributed by atoms with Gasteiger partial charge in [0.25, 0.3) is 0 Å². The van der Waals surface area contributed by atoms with Crippen LogP contribution in [0.2, 0.25) is 0 Å². The highest BCUT2D eigenvalue weighted by atomic mass is 35.5. The van der Waals surface area contributed by atoms with Gasteiger partial charge < -0.3 is 4.74 Å².